The number of benzene rings is 2. The molecule has 1 unspecified atom stereocenters. The van der Waals surface area contributed by atoms with Gasteiger partial charge in [0.25, 0.3) is 5.56 Å². The zero-order chi connectivity index (χ0) is 22.0. The Labute approximate surface area is 170 Å². The van der Waals surface area contributed by atoms with E-state index in [0.29, 0.717) is 10.9 Å². The molecule has 2 amide bonds. The fourth-order valence-corrected chi connectivity index (χ4v) is 3.45. The summed E-state index contributed by atoms with van der Waals surface area (Å²) in [4.78, 5) is 51.4. The number of rotatable bonds is 6. The molecule has 3 aromatic rings. The number of nitrogens with zero attached hydrogens (tertiary/aromatic N) is 3. The maximum Gasteiger partial charge on any atom is 0.331 e. The van der Waals surface area contributed by atoms with Gasteiger partial charge in [-0.3, -0.25) is 23.5 Å². The minimum atomic E-state index is -1.22. The fraction of sp³-hybridized carbons (Fsp3) is 0.238. The smallest absolute Gasteiger partial charge is 0.331 e. The molecule has 1 heterocycles. The van der Waals surface area contributed by atoms with Crippen LogP contribution in [0.4, 0.5) is 4.39 Å². The first kappa shape index (κ1) is 21.0. The van der Waals surface area contributed by atoms with Crippen LogP contribution in [-0.2, 0) is 22.7 Å². The Balaban J connectivity index is 2.05. The predicted molar refractivity (Wildman–Crippen MR) is 109 cm³/mol. The van der Waals surface area contributed by atoms with E-state index in [4.69, 9.17) is 5.73 Å². The van der Waals surface area contributed by atoms with Gasteiger partial charge in [0.1, 0.15) is 18.4 Å². The summed E-state index contributed by atoms with van der Waals surface area (Å²) in [6, 6.07) is 10.5. The first-order chi connectivity index (χ1) is 14.3. The molecule has 0 spiro atoms. The Bertz CT molecular complexity index is 1250. The maximum absolute atomic E-state index is 13.6. The predicted octanol–water partition coefficient (Wildman–Crippen LogP) is 1.01. The first-order valence-electron chi connectivity index (χ1n) is 9.29. The molecule has 0 bridgehead atoms. The molecular weight excluding hydrogens is 391 g/mol. The van der Waals surface area contributed by atoms with Crippen LogP contribution in [0.5, 0.6) is 0 Å². The van der Waals surface area contributed by atoms with Gasteiger partial charge >= 0.3 is 5.69 Å². The molecule has 0 aliphatic heterocycles. The van der Waals surface area contributed by atoms with Gasteiger partial charge in [0.15, 0.2) is 0 Å². The first-order valence-corrected chi connectivity index (χ1v) is 9.29. The molecule has 156 valence electrons. The number of fused-ring (bicyclic) bond motifs is 1. The largest absolute Gasteiger partial charge is 0.368 e. The standard InChI is InChI=1S/C21H21FN4O4/c1-3-25-20(29)15-9-4-5-10-16(15)26(21(25)30)12-17(27)24(2)18(19(23)28)13-7-6-8-14(22)11-13/h4-11,18H,3,12H2,1-2H3,(H2,23,28). The van der Waals surface area contributed by atoms with E-state index in [2.05, 4.69) is 0 Å². The molecule has 1 atom stereocenters. The number of likely N-dealkylation sites (N-methyl/N-ethyl adjacent to an activating group) is 1. The van der Waals surface area contributed by atoms with Gasteiger partial charge in [0.05, 0.1) is 10.9 Å². The lowest BCUT2D eigenvalue weighted by molar-refractivity contribution is -0.138. The van der Waals surface area contributed by atoms with E-state index in [0.717, 1.165) is 15.5 Å². The highest BCUT2D eigenvalue weighted by atomic mass is 19.1. The van der Waals surface area contributed by atoms with Gasteiger partial charge in [0.2, 0.25) is 11.8 Å². The molecule has 0 aliphatic rings. The van der Waals surface area contributed by atoms with Crippen molar-refractivity contribution < 1.29 is 14.0 Å². The molecule has 9 heteroatoms. The molecule has 3 rings (SSSR count). The summed E-state index contributed by atoms with van der Waals surface area (Å²) in [5.74, 6) is -2.01. The van der Waals surface area contributed by atoms with Gasteiger partial charge < -0.3 is 10.6 Å². The van der Waals surface area contributed by atoms with E-state index >= 15 is 0 Å². The number of aromatic nitrogens is 2. The number of carbonyl (C=O) groups is 2. The van der Waals surface area contributed by atoms with Crippen molar-refractivity contribution in [1.29, 1.82) is 0 Å². The Morgan fingerprint density at radius 2 is 1.80 bits per heavy atom. The lowest BCUT2D eigenvalue weighted by atomic mass is 10.0. The monoisotopic (exact) mass is 412 g/mol. The summed E-state index contributed by atoms with van der Waals surface area (Å²) >= 11 is 0. The van der Waals surface area contributed by atoms with Crippen molar-refractivity contribution in [2.24, 2.45) is 5.73 Å². The van der Waals surface area contributed by atoms with Crippen molar-refractivity contribution in [3.05, 3.63) is 80.7 Å². The average Bonchev–Trinajstić information content (AvgIpc) is 2.71. The van der Waals surface area contributed by atoms with E-state index in [-0.39, 0.29) is 12.1 Å². The van der Waals surface area contributed by atoms with Crippen LogP contribution < -0.4 is 17.0 Å². The molecule has 0 radical (unpaired) electrons. The van der Waals surface area contributed by atoms with Crippen LogP contribution >= 0.6 is 0 Å². The Hall–Kier alpha value is -3.75. The molecular formula is C21H21FN4O4. The summed E-state index contributed by atoms with van der Waals surface area (Å²) in [6.45, 7) is 1.37. The minimum Gasteiger partial charge on any atom is -0.368 e. The van der Waals surface area contributed by atoms with Crippen LogP contribution in [-0.4, -0.2) is 32.9 Å². The van der Waals surface area contributed by atoms with Crippen LogP contribution in [0.25, 0.3) is 10.9 Å². The Kier molecular flexibility index (Phi) is 5.81. The molecule has 30 heavy (non-hydrogen) atoms. The molecule has 0 saturated heterocycles. The highest BCUT2D eigenvalue weighted by molar-refractivity contribution is 5.88. The lowest BCUT2D eigenvalue weighted by Gasteiger charge is -2.26. The highest BCUT2D eigenvalue weighted by Crippen LogP contribution is 2.20. The third kappa shape index (κ3) is 3.73. The van der Waals surface area contributed by atoms with Crippen molar-refractivity contribution in [3.8, 4) is 0 Å². The SMILES string of the molecule is CCn1c(=O)c2ccccc2n(CC(=O)N(C)C(C(N)=O)c2cccc(F)c2)c1=O. The number of primary amides is 1. The van der Waals surface area contributed by atoms with E-state index < -0.39 is 41.5 Å². The summed E-state index contributed by atoms with van der Waals surface area (Å²) in [5, 5.41) is 0.297. The normalized spacial score (nSPS) is 12.0. The molecule has 2 N–H and O–H groups in total. The number of carbonyl (C=O) groups excluding carboxylic acids is 2. The number of halogens is 1. The third-order valence-corrected chi connectivity index (χ3v) is 4.96. The third-order valence-electron chi connectivity index (χ3n) is 4.96. The van der Waals surface area contributed by atoms with Crippen molar-refractivity contribution in [1.82, 2.24) is 14.0 Å². The van der Waals surface area contributed by atoms with Crippen molar-refractivity contribution in [2.45, 2.75) is 26.1 Å². The van der Waals surface area contributed by atoms with Gasteiger partial charge in [-0.05, 0) is 36.8 Å². The highest BCUT2D eigenvalue weighted by Gasteiger charge is 2.28. The van der Waals surface area contributed by atoms with Crippen LogP contribution in [0.2, 0.25) is 0 Å². The average molecular weight is 412 g/mol. The fourth-order valence-electron chi connectivity index (χ4n) is 3.45. The molecule has 0 fully saturated rings. The quantitative estimate of drug-likeness (QED) is 0.652. The topological polar surface area (TPSA) is 107 Å². The summed E-state index contributed by atoms with van der Waals surface area (Å²) in [5.41, 5.74) is 4.92. The second-order valence-electron chi connectivity index (χ2n) is 6.80. The van der Waals surface area contributed by atoms with Gasteiger partial charge in [-0.15, -0.1) is 0 Å². The van der Waals surface area contributed by atoms with Gasteiger partial charge in [0, 0.05) is 13.6 Å². The van der Waals surface area contributed by atoms with Crippen LogP contribution in [0.3, 0.4) is 0 Å². The second-order valence-corrected chi connectivity index (χ2v) is 6.80. The van der Waals surface area contributed by atoms with Gasteiger partial charge in [-0.2, -0.15) is 0 Å². The zero-order valence-corrected chi connectivity index (χ0v) is 16.5. The summed E-state index contributed by atoms with van der Waals surface area (Å²) in [7, 11) is 1.35. The number of para-hydroxylation sites is 1. The maximum atomic E-state index is 13.6. The van der Waals surface area contributed by atoms with E-state index in [9.17, 15) is 23.6 Å². The Morgan fingerprint density at radius 3 is 2.43 bits per heavy atom. The van der Waals surface area contributed by atoms with Gasteiger partial charge in [-0.1, -0.05) is 24.3 Å². The second kappa shape index (κ2) is 8.32. The summed E-state index contributed by atoms with van der Waals surface area (Å²) in [6.07, 6.45) is 0. The number of nitrogens with two attached hydrogens (primary N) is 1. The van der Waals surface area contributed by atoms with Gasteiger partial charge in [-0.25, -0.2) is 9.18 Å². The molecule has 0 saturated carbocycles. The van der Waals surface area contributed by atoms with Crippen LogP contribution in [0.15, 0.2) is 58.1 Å². The molecule has 1 aromatic heterocycles. The Morgan fingerprint density at radius 1 is 1.10 bits per heavy atom. The van der Waals surface area contributed by atoms with Crippen molar-refractivity contribution >= 4 is 22.7 Å². The number of hydrogen-bond acceptors (Lipinski definition) is 4. The van der Waals surface area contributed by atoms with E-state index in [1.807, 2.05) is 0 Å². The zero-order valence-electron chi connectivity index (χ0n) is 16.5. The van der Waals surface area contributed by atoms with Crippen molar-refractivity contribution in [2.75, 3.05) is 7.05 Å². The van der Waals surface area contributed by atoms with Crippen LogP contribution in [0.1, 0.15) is 18.5 Å². The number of amides is 2. The van der Waals surface area contributed by atoms with E-state index in [1.165, 1.54) is 29.8 Å². The molecule has 2 aromatic carbocycles. The lowest BCUT2D eigenvalue weighted by Crippen LogP contribution is -2.45. The number of hydrogen-bond donors (Lipinski definition) is 1. The van der Waals surface area contributed by atoms with E-state index in [1.54, 1.807) is 31.2 Å². The molecule has 8 nitrogen and oxygen atoms in total. The van der Waals surface area contributed by atoms with Crippen molar-refractivity contribution in [3.63, 3.8) is 0 Å². The molecule has 0 aliphatic carbocycles. The van der Waals surface area contributed by atoms with Crippen LogP contribution in [0, 0.1) is 5.82 Å². The minimum absolute atomic E-state index is 0.139. The summed E-state index contributed by atoms with van der Waals surface area (Å²) < 4.78 is 15.8.